The monoisotopic (exact) mass is 275 g/mol. The molecule has 0 bridgehead atoms. The van der Waals surface area contributed by atoms with Crippen molar-refractivity contribution in [3.8, 4) is 0 Å². The summed E-state index contributed by atoms with van der Waals surface area (Å²) in [6, 6.07) is 9.81. The van der Waals surface area contributed by atoms with Gasteiger partial charge in [-0.2, -0.15) is 0 Å². The normalized spacial score (nSPS) is 12.4. The Hall–Kier alpha value is -1.58. The van der Waals surface area contributed by atoms with E-state index in [1.807, 2.05) is 37.3 Å². The van der Waals surface area contributed by atoms with Gasteiger partial charge in [-0.3, -0.25) is 0 Å². The van der Waals surface area contributed by atoms with Gasteiger partial charge in [-0.15, -0.1) is 0 Å². The fourth-order valence-electron chi connectivity index (χ4n) is 2.24. The molecule has 1 heterocycles. The van der Waals surface area contributed by atoms with E-state index < -0.39 is 0 Å². The maximum atomic E-state index is 6.08. The summed E-state index contributed by atoms with van der Waals surface area (Å²) in [5.74, 6) is 0.561. The second kappa shape index (κ2) is 6.04. The topological polar surface area (TPSA) is 50.9 Å². The second-order valence-corrected chi connectivity index (χ2v) is 4.91. The molecular formula is C15H18ClN3. The predicted molar refractivity (Wildman–Crippen MR) is 80.4 cm³/mol. The maximum Gasteiger partial charge on any atom is 0.128 e. The SMILES string of the molecule is CCNC(c1cccc(Cl)c1)c1c(C)ccnc1N. The molecule has 3 N–H and O–H groups in total. The number of nitrogens with two attached hydrogens (primary N) is 1. The van der Waals surface area contributed by atoms with Gasteiger partial charge < -0.3 is 11.1 Å². The van der Waals surface area contributed by atoms with Crippen LogP contribution in [0.5, 0.6) is 0 Å². The smallest absolute Gasteiger partial charge is 0.128 e. The van der Waals surface area contributed by atoms with E-state index in [1.165, 1.54) is 0 Å². The van der Waals surface area contributed by atoms with Crippen LogP contribution in [0.1, 0.15) is 29.7 Å². The van der Waals surface area contributed by atoms with Gasteiger partial charge in [-0.05, 0) is 42.8 Å². The van der Waals surface area contributed by atoms with Crippen molar-refractivity contribution in [2.75, 3.05) is 12.3 Å². The number of aromatic nitrogens is 1. The van der Waals surface area contributed by atoms with Gasteiger partial charge in [0.2, 0.25) is 0 Å². The molecule has 3 nitrogen and oxygen atoms in total. The molecule has 0 saturated carbocycles. The molecule has 100 valence electrons. The van der Waals surface area contributed by atoms with Crippen LogP contribution in [0.2, 0.25) is 5.02 Å². The molecule has 0 aliphatic heterocycles. The zero-order valence-corrected chi connectivity index (χ0v) is 11.9. The van der Waals surface area contributed by atoms with Gasteiger partial charge in [0.05, 0.1) is 6.04 Å². The average Bonchev–Trinajstić information content (AvgIpc) is 2.37. The lowest BCUT2D eigenvalue weighted by atomic mass is 9.95. The van der Waals surface area contributed by atoms with Gasteiger partial charge in [0.25, 0.3) is 0 Å². The van der Waals surface area contributed by atoms with E-state index in [9.17, 15) is 0 Å². The average molecular weight is 276 g/mol. The number of nitrogens with zero attached hydrogens (tertiary/aromatic N) is 1. The summed E-state index contributed by atoms with van der Waals surface area (Å²) >= 11 is 6.08. The Morgan fingerprint density at radius 1 is 1.37 bits per heavy atom. The highest BCUT2D eigenvalue weighted by Crippen LogP contribution is 2.29. The van der Waals surface area contributed by atoms with Crippen LogP contribution in [0.3, 0.4) is 0 Å². The van der Waals surface area contributed by atoms with Crippen molar-refractivity contribution in [3.63, 3.8) is 0 Å². The Morgan fingerprint density at radius 3 is 2.79 bits per heavy atom. The van der Waals surface area contributed by atoms with E-state index in [2.05, 4.69) is 17.2 Å². The summed E-state index contributed by atoms with van der Waals surface area (Å²) in [4.78, 5) is 4.20. The molecule has 1 aromatic heterocycles. The molecule has 4 heteroatoms. The molecule has 2 rings (SSSR count). The van der Waals surface area contributed by atoms with E-state index >= 15 is 0 Å². The molecule has 0 saturated heterocycles. The van der Waals surface area contributed by atoms with Gasteiger partial charge in [0.1, 0.15) is 5.82 Å². The molecule has 2 aromatic rings. The van der Waals surface area contributed by atoms with E-state index in [0.29, 0.717) is 5.82 Å². The van der Waals surface area contributed by atoms with Crippen LogP contribution in [-0.2, 0) is 0 Å². The number of anilines is 1. The first-order chi connectivity index (χ1) is 9.13. The Kier molecular flexibility index (Phi) is 4.40. The Morgan fingerprint density at radius 2 is 2.16 bits per heavy atom. The zero-order valence-electron chi connectivity index (χ0n) is 11.2. The van der Waals surface area contributed by atoms with Crippen LogP contribution in [0.25, 0.3) is 0 Å². The first-order valence-electron chi connectivity index (χ1n) is 6.33. The van der Waals surface area contributed by atoms with Crippen LogP contribution in [0.15, 0.2) is 36.5 Å². The van der Waals surface area contributed by atoms with Crippen molar-refractivity contribution >= 4 is 17.4 Å². The minimum absolute atomic E-state index is 0.0115. The van der Waals surface area contributed by atoms with Gasteiger partial charge in [-0.25, -0.2) is 4.98 Å². The molecule has 1 aromatic carbocycles. The van der Waals surface area contributed by atoms with Gasteiger partial charge in [0, 0.05) is 16.8 Å². The highest BCUT2D eigenvalue weighted by Gasteiger charge is 2.18. The third-order valence-corrected chi connectivity index (χ3v) is 3.35. The largest absolute Gasteiger partial charge is 0.383 e. The molecule has 0 radical (unpaired) electrons. The number of halogens is 1. The summed E-state index contributed by atoms with van der Waals surface area (Å²) in [5.41, 5.74) is 9.28. The summed E-state index contributed by atoms with van der Waals surface area (Å²) in [5, 5.41) is 4.17. The van der Waals surface area contributed by atoms with Crippen molar-refractivity contribution in [2.24, 2.45) is 0 Å². The third-order valence-electron chi connectivity index (χ3n) is 3.12. The van der Waals surface area contributed by atoms with Crippen molar-refractivity contribution in [1.29, 1.82) is 0 Å². The van der Waals surface area contributed by atoms with Gasteiger partial charge in [-0.1, -0.05) is 30.7 Å². The van der Waals surface area contributed by atoms with Gasteiger partial charge in [0.15, 0.2) is 0 Å². The number of benzene rings is 1. The number of rotatable bonds is 4. The van der Waals surface area contributed by atoms with Crippen molar-refractivity contribution in [2.45, 2.75) is 19.9 Å². The molecule has 0 aliphatic rings. The highest BCUT2D eigenvalue weighted by atomic mass is 35.5. The molecule has 0 aliphatic carbocycles. The van der Waals surface area contributed by atoms with Crippen LogP contribution >= 0.6 is 11.6 Å². The van der Waals surface area contributed by atoms with Crippen LogP contribution in [0.4, 0.5) is 5.82 Å². The third kappa shape index (κ3) is 3.06. The maximum absolute atomic E-state index is 6.08. The lowest BCUT2D eigenvalue weighted by Gasteiger charge is -2.22. The number of nitrogen functional groups attached to an aromatic ring is 1. The van der Waals surface area contributed by atoms with Crippen LogP contribution in [-0.4, -0.2) is 11.5 Å². The number of hydrogen-bond acceptors (Lipinski definition) is 3. The van der Waals surface area contributed by atoms with E-state index in [-0.39, 0.29) is 6.04 Å². The number of hydrogen-bond donors (Lipinski definition) is 2. The zero-order chi connectivity index (χ0) is 13.8. The van der Waals surface area contributed by atoms with Gasteiger partial charge >= 0.3 is 0 Å². The molecule has 1 atom stereocenters. The molecule has 19 heavy (non-hydrogen) atoms. The minimum Gasteiger partial charge on any atom is -0.383 e. The quantitative estimate of drug-likeness (QED) is 0.900. The van der Waals surface area contributed by atoms with Crippen molar-refractivity contribution in [1.82, 2.24) is 10.3 Å². The van der Waals surface area contributed by atoms with Crippen LogP contribution < -0.4 is 11.1 Å². The first-order valence-corrected chi connectivity index (χ1v) is 6.71. The Balaban J connectivity index is 2.51. The molecular weight excluding hydrogens is 258 g/mol. The number of nitrogens with one attached hydrogen (secondary N) is 1. The predicted octanol–water partition coefficient (Wildman–Crippen LogP) is 3.32. The second-order valence-electron chi connectivity index (χ2n) is 4.47. The summed E-state index contributed by atoms with van der Waals surface area (Å²) < 4.78 is 0. The highest BCUT2D eigenvalue weighted by molar-refractivity contribution is 6.30. The minimum atomic E-state index is 0.0115. The number of aryl methyl sites for hydroxylation is 1. The standard InChI is InChI=1S/C15H18ClN3/c1-3-18-14(11-5-4-6-12(16)9-11)13-10(2)7-8-19-15(13)17/h4-9,14,18H,3H2,1-2H3,(H2,17,19). The fourth-order valence-corrected chi connectivity index (χ4v) is 2.44. The van der Waals surface area contributed by atoms with Crippen molar-refractivity contribution in [3.05, 3.63) is 58.2 Å². The Labute approximate surface area is 118 Å². The summed E-state index contributed by atoms with van der Waals surface area (Å²) in [7, 11) is 0. The molecule has 0 amide bonds. The first kappa shape index (κ1) is 13.8. The van der Waals surface area contributed by atoms with Crippen LogP contribution in [0, 0.1) is 6.92 Å². The summed E-state index contributed by atoms with van der Waals surface area (Å²) in [6.07, 6.45) is 1.73. The van der Waals surface area contributed by atoms with Crippen molar-refractivity contribution < 1.29 is 0 Å². The fraction of sp³-hybridized carbons (Fsp3) is 0.267. The Bertz CT molecular complexity index is 549. The lowest BCUT2D eigenvalue weighted by molar-refractivity contribution is 0.627. The van der Waals surface area contributed by atoms with E-state index in [0.717, 1.165) is 28.3 Å². The molecule has 1 unspecified atom stereocenters. The van der Waals surface area contributed by atoms with E-state index in [4.69, 9.17) is 17.3 Å². The molecule has 0 spiro atoms. The lowest BCUT2D eigenvalue weighted by Crippen LogP contribution is -2.24. The summed E-state index contributed by atoms with van der Waals surface area (Å²) in [6.45, 7) is 4.95. The van der Waals surface area contributed by atoms with E-state index in [1.54, 1.807) is 6.20 Å². The molecule has 0 fully saturated rings. The number of pyridine rings is 1.